The summed E-state index contributed by atoms with van der Waals surface area (Å²) >= 11 is 0. The van der Waals surface area contributed by atoms with E-state index >= 15 is 0 Å². The Kier molecular flexibility index (Phi) is 8.52. The summed E-state index contributed by atoms with van der Waals surface area (Å²) in [6.07, 6.45) is 1.44. The van der Waals surface area contributed by atoms with Gasteiger partial charge in [-0.25, -0.2) is 0 Å². The van der Waals surface area contributed by atoms with Crippen LogP contribution in [0.4, 0.5) is 0 Å². The summed E-state index contributed by atoms with van der Waals surface area (Å²) < 4.78 is 0. The third-order valence-corrected chi connectivity index (χ3v) is 4.08. The maximum Gasteiger partial charge on any atom is 0.238 e. The zero-order valence-corrected chi connectivity index (χ0v) is 16.3. The van der Waals surface area contributed by atoms with Crippen LogP contribution in [0.3, 0.4) is 0 Å². The molecule has 3 N–H and O–H groups in total. The SMILES string of the molecule is C=C(O)C(Cc1ccccc1)NC(=O)C(CC(C)=O)NCCC(C)(C)C. The number of hydrogen-bond donors (Lipinski definition) is 3. The molecule has 5 heteroatoms. The monoisotopic (exact) mass is 360 g/mol. The van der Waals surface area contributed by atoms with Crippen molar-refractivity contribution < 1.29 is 14.7 Å². The molecule has 0 heterocycles. The summed E-state index contributed by atoms with van der Waals surface area (Å²) in [6.45, 7) is 12.1. The Bertz CT molecular complexity index is 605. The molecule has 0 spiro atoms. The predicted octanol–water partition coefficient (Wildman–Crippen LogP) is 3.16. The minimum atomic E-state index is -0.618. The molecule has 0 aromatic heterocycles. The molecule has 2 unspecified atom stereocenters. The first-order valence-electron chi connectivity index (χ1n) is 9.03. The Labute approximate surface area is 156 Å². The average Bonchev–Trinajstić information content (AvgIpc) is 2.52. The topological polar surface area (TPSA) is 78.4 Å². The third kappa shape index (κ3) is 8.81. The van der Waals surface area contributed by atoms with E-state index in [0.29, 0.717) is 13.0 Å². The quantitative estimate of drug-likeness (QED) is 0.560. The van der Waals surface area contributed by atoms with Gasteiger partial charge in [0.2, 0.25) is 5.91 Å². The summed E-state index contributed by atoms with van der Waals surface area (Å²) in [4.78, 5) is 24.2. The van der Waals surface area contributed by atoms with Gasteiger partial charge in [-0.1, -0.05) is 57.7 Å². The van der Waals surface area contributed by atoms with E-state index in [1.54, 1.807) is 0 Å². The number of ketones is 1. The van der Waals surface area contributed by atoms with Gasteiger partial charge in [0.05, 0.1) is 12.1 Å². The van der Waals surface area contributed by atoms with Crippen molar-refractivity contribution in [2.24, 2.45) is 5.41 Å². The zero-order valence-electron chi connectivity index (χ0n) is 16.3. The second-order valence-corrected chi connectivity index (χ2v) is 7.97. The van der Waals surface area contributed by atoms with Gasteiger partial charge in [0, 0.05) is 6.42 Å². The minimum absolute atomic E-state index is 0.0594. The summed E-state index contributed by atoms with van der Waals surface area (Å²) in [5, 5.41) is 15.9. The predicted molar refractivity (Wildman–Crippen MR) is 105 cm³/mol. The van der Waals surface area contributed by atoms with Crippen LogP contribution in [-0.4, -0.2) is 35.4 Å². The van der Waals surface area contributed by atoms with Crippen molar-refractivity contribution in [1.82, 2.24) is 10.6 Å². The molecule has 1 rings (SSSR count). The summed E-state index contributed by atoms with van der Waals surface area (Å²) in [7, 11) is 0. The highest BCUT2D eigenvalue weighted by Gasteiger charge is 2.24. The number of aliphatic hydroxyl groups excluding tert-OH is 1. The lowest BCUT2D eigenvalue weighted by molar-refractivity contribution is -0.127. The highest BCUT2D eigenvalue weighted by Crippen LogP contribution is 2.17. The molecule has 1 aromatic carbocycles. The van der Waals surface area contributed by atoms with Gasteiger partial charge in [0.25, 0.3) is 0 Å². The molecule has 0 radical (unpaired) electrons. The number of benzene rings is 1. The number of carbonyl (C=O) groups is 2. The molecule has 0 saturated carbocycles. The molecule has 1 amide bonds. The summed E-state index contributed by atoms with van der Waals surface area (Å²) in [5.74, 6) is -0.459. The lowest BCUT2D eigenvalue weighted by atomic mass is 9.92. The normalized spacial score (nSPS) is 13.7. The molecule has 26 heavy (non-hydrogen) atoms. The number of nitrogens with one attached hydrogen (secondary N) is 2. The molecular weight excluding hydrogens is 328 g/mol. The van der Waals surface area contributed by atoms with Crippen molar-refractivity contribution in [3.8, 4) is 0 Å². The number of rotatable bonds is 10. The molecule has 0 aliphatic carbocycles. The van der Waals surface area contributed by atoms with Gasteiger partial charge in [0.15, 0.2) is 0 Å². The maximum atomic E-state index is 12.7. The number of carbonyl (C=O) groups excluding carboxylic acids is 2. The second-order valence-electron chi connectivity index (χ2n) is 7.97. The molecule has 5 nitrogen and oxygen atoms in total. The van der Waals surface area contributed by atoms with E-state index < -0.39 is 12.1 Å². The lowest BCUT2D eigenvalue weighted by Crippen LogP contribution is -2.50. The van der Waals surface area contributed by atoms with Crippen molar-refractivity contribution in [1.29, 1.82) is 0 Å². The summed E-state index contributed by atoms with van der Waals surface area (Å²) in [6, 6.07) is 8.36. The van der Waals surface area contributed by atoms with Gasteiger partial charge >= 0.3 is 0 Å². The highest BCUT2D eigenvalue weighted by molar-refractivity contribution is 5.88. The molecular formula is C21H32N2O3. The molecule has 0 aliphatic heterocycles. The van der Waals surface area contributed by atoms with Crippen LogP contribution in [0.5, 0.6) is 0 Å². The Morgan fingerprint density at radius 2 is 1.77 bits per heavy atom. The Morgan fingerprint density at radius 3 is 2.27 bits per heavy atom. The fraction of sp³-hybridized carbons (Fsp3) is 0.524. The first kappa shape index (κ1) is 21.9. The van der Waals surface area contributed by atoms with Gasteiger partial charge in [0.1, 0.15) is 11.5 Å². The summed E-state index contributed by atoms with van der Waals surface area (Å²) in [5.41, 5.74) is 1.12. The Morgan fingerprint density at radius 1 is 1.15 bits per heavy atom. The zero-order chi connectivity index (χ0) is 19.7. The van der Waals surface area contributed by atoms with Crippen LogP contribution in [0.1, 0.15) is 46.1 Å². The van der Waals surface area contributed by atoms with Gasteiger partial charge in [-0.2, -0.15) is 0 Å². The van der Waals surface area contributed by atoms with Crippen molar-refractivity contribution in [2.75, 3.05) is 6.54 Å². The number of hydrogen-bond acceptors (Lipinski definition) is 4. The highest BCUT2D eigenvalue weighted by atomic mass is 16.3. The van der Waals surface area contributed by atoms with Crippen LogP contribution in [0.15, 0.2) is 42.7 Å². The molecule has 1 aromatic rings. The lowest BCUT2D eigenvalue weighted by Gasteiger charge is -2.24. The van der Waals surface area contributed by atoms with Gasteiger partial charge in [-0.3, -0.25) is 9.59 Å². The van der Waals surface area contributed by atoms with E-state index in [4.69, 9.17) is 0 Å². The average molecular weight is 360 g/mol. The van der Waals surface area contributed by atoms with E-state index in [2.05, 4.69) is 38.0 Å². The number of aliphatic hydroxyl groups is 1. The van der Waals surface area contributed by atoms with Crippen LogP contribution in [0.2, 0.25) is 0 Å². The molecule has 0 fully saturated rings. The van der Waals surface area contributed by atoms with Gasteiger partial charge in [-0.15, -0.1) is 0 Å². The van der Waals surface area contributed by atoms with Crippen LogP contribution in [-0.2, 0) is 16.0 Å². The van der Waals surface area contributed by atoms with Crippen LogP contribution in [0, 0.1) is 5.41 Å². The van der Waals surface area contributed by atoms with E-state index in [1.165, 1.54) is 6.92 Å². The first-order chi connectivity index (χ1) is 12.1. The Hall–Kier alpha value is -2.14. The van der Waals surface area contributed by atoms with Crippen molar-refractivity contribution in [3.63, 3.8) is 0 Å². The standard InChI is InChI=1S/C21H32N2O3/c1-15(24)13-19(22-12-11-21(3,4)5)20(26)23-18(16(2)25)14-17-9-7-6-8-10-17/h6-10,18-19,22,25H,2,11-14H2,1,3-5H3,(H,23,26). The first-order valence-corrected chi connectivity index (χ1v) is 9.03. The fourth-order valence-corrected chi connectivity index (χ4v) is 2.54. The third-order valence-electron chi connectivity index (χ3n) is 4.08. The van der Waals surface area contributed by atoms with Crippen molar-refractivity contribution >= 4 is 11.7 Å². The molecule has 0 bridgehead atoms. The molecule has 144 valence electrons. The van der Waals surface area contributed by atoms with Crippen LogP contribution >= 0.6 is 0 Å². The van der Waals surface area contributed by atoms with E-state index in [1.807, 2.05) is 30.3 Å². The van der Waals surface area contributed by atoms with E-state index in [9.17, 15) is 14.7 Å². The van der Waals surface area contributed by atoms with Crippen molar-refractivity contribution in [2.45, 2.75) is 59.0 Å². The van der Waals surface area contributed by atoms with E-state index in [0.717, 1.165) is 12.0 Å². The molecule has 0 aliphatic rings. The smallest absolute Gasteiger partial charge is 0.238 e. The minimum Gasteiger partial charge on any atom is -0.511 e. The number of Topliss-reactive ketones (excluding diaryl/α,β-unsaturated/α-hetero) is 1. The second kappa shape index (κ2) is 10.1. The molecule has 0 saturated heterocycles. The largest absolute Gasteiger partial charge is 0.511 e. The van der Waals surface area contributed by atoms with Gasteiger partial charge in [-0.05, 0) is 37.3 Å². The maximum absolute atomic E-state index is 12.7. The van der Waals surface area contributed by atoms with Crippen molar-refractivity contribution in [3.05, 3.63) is 48.2 Å². The van der Waals surface area contributed by atoms with Crippen LogP contribution < -0.4 is 10.6 Å². The number of amides is 1. The fourth-order valence-electron chi connectivity index (χ4n) is 2.54. The molecule has 2 atom stereocenters. The van der Waals surface area contributed by atoms with E-state index in [-0.39, 0.29) is 29.3 Å². The van der Waals surface area contributed by atoms with Gasteiger partial charge < -0.3 is 15.7 Å². The van der Waals surface area contributed by atoms with Crippen LogP contribution in [0.25, 0.3) is 0 Å². The Balaban J connectivity index is 2.74.